The van der Waals surface area contributed by atoms with Crippen molar-refractivity contribution < 1.29 is 9.90 Å². The Morgan fingerprint density at radius 2 is 2.06 bits per heavy atom. The summed E-state index contributed by atoms with van der Waals surface area (Å²) in [5, 5.41) is 9.63. The molecule has 2 heteroatoms. The van der Waals surface area contributed by atoms with E-state index in [1.165, 1.54) is 6.42 Å². The van der Waals surface area contributed by atoms with Crippen molar-refractivity contribution in [2.75, 3.05) is 0 Å². The van der Waals surface area contributed by atoms with E-state index in [2.05, 4.69) is 32.9 Å². The quantitative estimate of drug-likeness (QED) is 0.570. The monoisotopic (exact) mass is 246 g/mol. The minimum atomic E-state index is -0.554. The third-order valence-corrected chi connectivity index (χ3v) is 7.05. The number of carboxylic acids is 1. The van der Waals surface area contributed by atoms with Gasteiger partial charge in [0.1, 0.15) is 0 Å². The number of hydrogen-bond acceptors (Lipinski definition) is 1. The van der Waals surface area contributed by atoms with E-state index < -0.39 is 5.97 Å². The molecule has 0 spiro atoms. The Labute approximate surface area is 108 Å². The zero-order valence-electron chi connectivity index (χ0n) is 11.4. The second-order valence-corrected chi connectivity index (χ2v) is 7.84. The Balaban J connectivity index is 1.85. The largest absolute Gasteiger partial charge is 0.481 e. The van der Waals surface area contributed by atoms with Gasteiger partial charge in [-0.15, -0.1) is 0 Å². The Kier molecular flexibility index (Phi) is 1.76. The van der Waals surface area contributed by atoms with Crippen molar-refractivity contribution >= 4 is 5.97 Å². The third kappa shape index (κ3) is 0.938. The molecule has 4 rings (SSSR count). The zero-order chi connectivity index (χ0) is 12.9. The fraction of sp³-hybridized carbons (Fsp3) is 0.812. The molecular weight excluding hydrogens is 224 g/mol. The molecule has 0 aromatic heterocycles. The van der Waals surface area contributed by atoms with Crippen LogP contribution in [-0.2, 0) is 4.79 Å². The second-order valence-electron chi connectivity index (χ2n) is 7.84. The lowest BCUT2D eigenvalue weighted by Gasteiger charge is -2.47. The molecule has 0 aliphatic heterocycles. The van der Waals surface area contributed by atoms with Crippen molar-refractivity contribution in [1.29, 1.82) is 0 Å². The van der Waals surface area contributed by atoms with Crippen molar-refractivity contribution in [2.45, 2.75) is 33.6 Å². The van der Waals surface area contributed by atoms with Crippen molar-refractivity contribution in [3.63, 3.8) is 0 Å². The van der Waals surface area contributed by atoms with E-state index in [0.717, 1.165) is 18.3 Å². The van der Waals surface area contributed by atoms with Gasteiger partial charge in [0.05, 0.1) is 5.92 Å². The van der Waals surface area contributed by atoms with Crippen LogP contribution in [0, 0.1) is 46.3 Å². The molecule has 0 aromatic carbocycles. The minimum Gasteiger partial charge on any atom is -0.481 e. The number of rotatable bonds is 1. The number of aliphatic carboxylic acids is 1. The molecule has 0 saturated heterocycles. The normalized spacial score (nSPS) is 63.5. The van der Waals surface area contributed by atoms with Gasteiger partial charge in [0.15, 0.2) is 0 Å². The average molecular weight is 246 g/mol. The molecule has 0 aromatic rings. The van der Waals surface area contributed by atoms with Gasteiger partial charge in [0.25, 0.3) is 0 Å². The summed E-state index contributed by atoms with van der Waals surface area (Å²) >= 11 is 0. The van der Waals surface area contributed by atoms with Crippen LogP contribution in [0.1, 0.15) is 33.6 Å². The van der Waals surface area contributed by atoms with Crippen molar-refractivity contribution in [2.24, 2.45) is 46.3 Å². The first-order chi connectivity index (χ1) is 8.38. The lowest BCUT2D eigenvalue weighted by molar-refractivity contribution is -0.152. The highest BCUT2D eigenvalue weighted by Gasteiger charge is 2.73. The summed E-state index contributed by atoms with van der Waals surface area (Å²) in [6.07, 6.45) is 7.24. The van der Waals surface area contributed by atoms with Crippen molar-refractivity contribution in [3.8, 4) is 0 Å². The maximum absolute atomic E-state index is 11.7. The Morgan fingerprint density at radius 3 is 2.72 bits per heavy atom. The predicted octanol–water partition coefficient (Wildman–Crippen LogP) is 3.19. The molecule has 0 amide bonds. The van der Waals surface area contributed by atoms with E-state index in [0.29, 0.717) is 17.8 Å². The topological polar surface area (TPSA) is 37.3 Å². The molecule has 0 radical (unpaired) electrons. The second kappa shape index (κ2) is 2.86. The van der Waals surface area contributed by atoms with Gasteiger partial charge in [-0.25, -0.2) is 0 Å². The molecule has 18 heavy (non-hydrogen) atoms. The van der Waals surface area contributed by atoms with Crippen LogP contribution in [0.3, 0.4) is 0 Å². The maximum Gasteiger partial charge on any atom is 0.307 e. The summed E-state index contributed by atoms with van der Waals surface area (Å²) in [6, 6.07) is 0. The lowest BCUT2D eigenvalue weighted by atomic mass is 9.56. The molecule has 8 atom stereocenters. The van der Waals surface area contributed by atoms with Gasteiger partial charge < -0.3 is 5.11 Å². The molecule has 3 fully saturated rings. The summed E-state index contributed by atoms with van der Waals surface area (Å²) in [7, 11) is 0. The van der Waals surface area contributed by atoms with Crippen LogP contribution >= 0.6 is 0 Å². The fourth-order valence-electron chi connectivity index (χ4n) is 6.91. The lowest BCUT2D eigenvalue weighted by Crippen LogP contribution is -2.47. The van der Waals surface area contributed by atoms with Gasteiger partial charge in [-0.05, 0) is 53.3 Å². The zero-order valence-corrected chi connectivity index (χ0v) is 11.4. The first-order valence-corrected chi connectivity index (χ1v) is 7.31. The van der Waals surface area contributed by atoms with E-state index in [9.17, 15) is 9.90 Å². The SMILES string of the molecule is CC1C2CC(C)(C1C(=O)O)C1C2C2C=CC1(C)C2. The van der Waals surface area contributed by atoms with Crippen LogP contribution in [-0.4, -0.2) is 11.1 Å². The van der Waals surface area contributed by atoms with Gasteiger partial charge in [0.2, 0.25) is 0 Å². The molecular formula is C16H22O2. The first-order valence-electron chi connectivity index (χ1n) is 7.31. The van der Waals surface area contributed by atoms with Crippen LogP contribution in [0.5, 0.6) is 0 Å². The van der Waals surface area contributed by atoms with E-state index in [1.807, 2.05) is 0 Å². The van der Waals surface area contributed by atoms with Crippen LogP contribution < -0.4 is 0 Å². The van der Waals surface area contributed by atoms with Gasteiger partial charge >= 0.3 is 5.97 Å². The Hall–Kier alpha value is -0.790. The molecule has 4 aliphatic carbocycles. The van der Waals surface area contributed by atoms with Crippen LogP contribution in [0.2, 0.25) is 0 Å². The molecule has 4 aliphatic rings. The smallest absolute Gasteiger partial charge is 0.307 e. The number of carbonyl (C=O) groups is 1. The van der Waals surface area contributed by atoms with Crippen molar-refractivity contribution in [3.05, 3.63) is 12.2 Å². The summed E-state index contributed by atoms with van der Waals surface area (Å²) in [4.78, 5) is 11.7. The molecule has 1 N–H and O–H groups in total. The van der Waals surface area contributed by atoms with Crippen molar-refractivity contribution in [1.82, 2.24) is 0 Å². The molecule has 0 heterocycles. The highest BCUT2D eigenvalue weighted by Crippen LogP contribution is 2.77. The molecule has 98 valence electrons. The predicted molar refractivity (Wildman–Crippen MR) is 68.8 cm³/mol. The van der Waals surface area contributed by atoms with E-state index >= 15 is 0 Å². The van der Waals surface area contributed by atoms with Gasteiger partial charge in [0, 0.05) is 0 Å². The van der Waals surface area contributed by atoms with Crippen LogP contribution in [0.25, 0.3) is 0 Å². The number of hydrogen-bond donors (Lipinski definition) is 1. The van der Waals surface area contributed by atoms with Crippen LogP contribution in [0.15, 0.2) is 12.2 Å². The minimum absolute atomic E-state index is 0.0366. The average Bonchev–Trinajstić information content (AvgIpc) is 2.90. The highest BCUT2D eigenvalue weighted by atomic mass is 16.4. The summed E-state index contributed by atoms with van der Waals surface area (Å²) in [5.41, 5.74) is 0.321. The van der Waals surface area contributed by atoms with Crippen LogP contribution in [0.4, 0.5) is 0 Å². The van der Waals surface area contributed by atoms with E-state index in [-0.39, 0.29) is 16.7 Å². The van der Waals surface area contributed by atoms with E-state index in [1.54, 1.807) is 0 Å². The number of allylic oxidation sites excluding steroid dienone is 2. The Bertz CT molecular complexity index is 468. The maximum atomic E-state index is 11.7. The fourth-order valence-corrected chi connectivity index (χ4v) is 6.91. The molecule has 2 nitrogen and oxygen atoms in total. The van der Waals surface area contributed by atoms with Gasteiger partial charge in [-0.3, -0.25) is 4.79 Å². The highest BCUT2D eigenvalue weighted by molar-refractivity contribution is 5.72. The van der Waals surface area contributed by atoms with E-state index in [4.69, 9.17) is 0 Å². The summed E-state index contributed by atoms with van der Waals surface area (Å²) < 4.78 is 0. The Morgan fingerprint density at radius 1 is 1.33 bits per heavy atom. The molecule has 3 saturated carbocycles. The summed E-state index contributed by atoms with van der Waals surface area (Å²) in [6.45, 7) is 6.82. The molecule has 8 unspecified atom stereocenters. The van der Waals surface area contributed by atoms with Gasteiger partial charge in [-0.1, -0.05) is 32.9 Å². The molecule has 4 bridgehead atoms. The van der Waals surface area contributed by atoms with Gasteiger partial charge in [-0.2, -0.15) is 0 Å². The third-order valence-electron chi connectivity index (χ3n) is 7.05. The number of fused-ring (bicyclic) bond motifs is 9. The first kappa shape index (κ1) is 11.1. The number of carboxylic acid groups (broad SMARTS) is 1. The summed E-state index contributed by atoms with van der Waals surface area (Å²) in [5.74, 6) is 2.47. The standard InChI is InChI=1S/C16H22O2/c1-8-10-7-16(3,12(8)14(17)18)13-11(10)9-4-5-15(13,2)6-9/h4-5,8-13H,6-7H2,1-3H3,(H,17,18).